The lowest BCUT2D eigenvalue weighted by Crippen LogP contribution is -2.47. The van der Waals surface area contributed by atoms with Crippen LogP contribution in [0.5, 0.6) is 5.88 Å². The van der Waals surface area contributed by atoms with Gasteiger partial charge in [0.1, 0.15) is 12.2 Å². The van der Waals surface area contributed by atoms with E-state index in [2.05, 4.69) is 29.6 Å². The third-order valence-electron chi connectivity index (χ3n) is 5.96. The summed E-state index contributed by atoms with van der Waals surface area (Å²) in [6, 6.07) is 8.58. The highest BCUT2D eigenvalue weighted by Crippen LogP contribution is 2.41. The summed E-state index contributed by atoms with van der Waals surface area (Å²) in [4.78, 5) is 14.7. The molecule has 160 valence electrons. The SMILES string of the molecule is CC(C)(C)OC(=O)N1CCc2c3c(nn2-c2ccc(C4CC4)cc2)OCCNC[C@@H]31. The Bertz CT molecular complexity index is 941. The molecule has 1 aromatic heterocycles. The third-order valence-corrected chi connectivity index (χ3v) is 5.96. The van der Waals surface area contributed by atoms with Crippen LogP contribution in [0.3, 0.4) is 0 Å². The molecule has 7 nitrogen and oxygen atoms in total. The summed E-state index contributed by atoms with van der Waals surface area (Å²) in [5.74, 6) is 1.37. The summed E-state index contributed by atoms with van der Waals surface area (Å²) < 4.78 is 13.7. The molecular formula is C23H30N4O3. The average Bonchev–Trinajstić information content (AvgIpc) is 3.46. The molecule has 5 rings (SSSR count). The lowest BCUT2D eigenvalue weighted by Gasteiger charge is -2.37. The second-order valence-electron chi connectivity index (χ2n) is 9.44. The highest BCUT2D eigenvalue weighted by Gasteiger charge is 2.39. The summed E-state index contributed by atoms with van der Waals surface area (Å²) in [7, 11) is 0. The maximum Gasteiger partial charge on any atom is 0.410 e. The monoisotopic (exact) mass is 410 g/mol. The quantitative estimate of drug-likeness (QED) is 0.820. The molecule has 1 N–H and O–H groups in total. The van der Waals surface area contributed by atoms with Gasteiger partial charge in [-0.05, 0) is 57.2 Å². The Morgan fingerprint density at radius 3 is 2.70 bits per heavy atom. The first-order valence-electron chi connectivity index (χ1n) is 11.0. The second-order valence-corrected chi connectivity index (χ2v) is 9.44. The molecule has 0 radical (unpaired) electrons. The van der Waals surface area contributed by atoms with Crippen molar-refractivity contribution >= 4 is 6.09 Å². The Kier molecular flexibility index (Phi) is 4.73. The van der Waals surface area contributed by atoms with E-state index in [4.69, 9.17) is 14.6 Å². The van der Waals surface area contributed by atoms with Gasteiger partial charge in [-0.15, -0.1) is 5.10 Å². The van der Waals surface area contributed by atoms with Crippen molar-refractivity contribution in [2.75, 3.05) is 26.2 Å². The smallest absolute Gasteiger partial charge is 0.410 e. The van der Waals surface area contributed by atoms with E-state index in [1.807, 2.05) is 30.4 Å². The molecule has 2 aromatic rings. The van der Waals surface area contributed by atoms with Gasteiger partial charge >= 0.3 is 6.09 Å². The van der Waals surface area contributed by atoms with Crippen molar-refractivity contribution in [1.29, 1.82) is 0 Å². The highest BCUT2D eigenvalue weighted by atomic mass is 16.6. The maximum atomic E-state index is 12.9. The fraction of sp³-hybridized carbons (Fsp3) is 0.565. The molecule has 1 amide bonds. The van der Waals surface area contributed by atoms with Gasteiger partial charge in [-0.2, -0.15) is 0 Å². The van der Waals surface area contributed by atoms with Crippen molar-refractivity contribution in [2.24, 2.45) is 0 Å². The van der Waals surface area contributed by atoms with Crippen LogP contribution in [-0.4, -0.2) is 52.6 Å². The van der Waals surface area contributed by atoms with Gasteiger partial charge in [0.15, 0.2) is 0 Å². The molecule has 0 spiro atoms. The first-order chi connectivity index (χ1) is 14.4. The van der Waals surface area contributed by atoms with Crippen LogP contribution in [0, 0.1) is 0 Å². The predicted octanol–water partition coefficient (Wildman–Crippen LogP) is 3.57. The van der Waals surface area contributed by atoms with E-state index in [0.29, 0.717) is 32.0 Å². The molecule has 1 aromatic carbocycles. The zero-order chi connectivity index (χ0) is 20.9. The fourth-order valence-corrected chi connectivity index (χ4v) is 4.39. The number of rotatable bonds is 2. The minimum atomic E-state index is -0.529. The minimum absolute atomic E-state index is 0.154. The second kappa shape index (κ2) is 7.30. The largest absolute Gasteiger partial charge is 0.475 e. The van der Waals surface area contributed by atoms with Crippen LogP contribution in [-0.2, 0) is 11.2 Å². The van der Waals surface area contributed by atoms with Crippen molar-refractivity contribution in [3.05, 3.63) is 41.1 Å². The number of ether oxygens (including phenoxy) is 2. The molecule has 0 bridgehead atoms. The Labute approximate surface area is 177 Å². The van der Waals surface area contributed by atoms with Gasteiger partial charge in [0.25, 0.3) is 0 Å². The van der Waals surface area contributed by atoms with Gasteiger partial charge in [0.2, 0.25) is 5.88 Å². The third kappa shape index (κ3) is 3.67. The molecule has 1 aliphatic carbocycles. The van der Waals surface area contributed by atoms with Crippen LogP contribution in [0.1, 0.15) is 62.4 Å². The van der Waals surface area contributed by atoms with Crippen LogP contribution in [0.4, 0.5) is 4.79 Å². The number of benzene rings is 1. The zero-order valence-corrected chi connectivity index (χ0v) is 18.0. The van der Waals surface area contributed by atoms with Gasteiger partial charge in [-0.25, -0.2) is 9.48 Å². The number of carbonyl (C=O) groups excluding carboxylic acids is 1. The van der Waals surface area contributed by atoms with E-state index in [1.165, 1.54) is 18.4 Å². The van der Waals surface area contributed by atoms with Crippen LogP contribution >= 0.6 is 0 Å². The molecule has 7 heteroatoms. The number of amides is 1. The van der Waals surface area contributed by atoms with E-state index in [-0.39, 0.29) is 12.1 Å². The Balaban J connectivity index is 1.51. The van der Waals surface area contributed by atoms with E-state index in [9.17, 15) is 4.79 Å². The summed E-state index contributed by atoms with van der Waals surface area (Å²) in [5, 5.41) is 8.23. The lowest BCUT2D eigenvalue weighted by atomic mass is 9.98. The number of nitrogens with zero attached hydrogens (tertiary/aromatic N) is 3. The van der Waals surface area contributed by atoms with Crippen molar-refractivity contribution in [2.45, 2.75) is 57.6 Å². The Hall–Kier alpha value is -2.54. The number of hydrogen-bond donors (Lipinski definition) is 1. The summed E-state index contributed by atoms with van der Waals surface area (Å²) >= 11 is 0. The Morgan fingerprint density at radius 1 is 1.23 bits per heavy atom. The summed E-state index contributed by atoms with van der Waals surface area (Å²) in [6.45, 7) is 8.23. The van der Waals surface area contributed by atoms with Crippen molar-refractivity contribution in [1.82, 2.24) is 20.0 Å². The van der Waals surface area contributed by atoms with E-state index in [0.717, 1.165) is 29.4 Å². The van der Waals surface area contributed by atoms with Crippen LogP contribution in [0.2, 0.25) is 0 Å². The van der Waals surface area contributed by atoms with E-state index >= 15 is 0 Å². The number of nitrogens with one attached hydrogen (secondary N) is 1. The normalized spacial score (nSPS) is 21.3. The van der Waals surface area contributed by atoms with Crippen LogP contribution in [0.25, 0.3) is 5.69 Å². The number of hydrogen-bond acceptors (Lipinski definition) is 5. The van der Waals surface area contributed by atoms with Gasteiger partial charge in [-0.3, -0.25) is 4.90 Å². The summed E-state index contributed by atoms with van der Waals surface area (Å²) in [6.07, 6.45) is 3.02. The summed E-state index contributed by atoms with van der Waals surface area (Å²) in [5.41, 5.74) is 4.05. The van der Waals surface area contributed by atoms with Gasteiger partial charge < -0.3 is 14.8 Å². The van der Waals surface area contributed by atoms with Crippen molar-refractivity contribution in [3.8, 4) is 11.6 Å². The minimum Gasteiger partial charge on any atom is -0.475 e. The van der Waals surface area contributed by atoms with E-state index < -0.39 is 5.60 Å². The van der Waals surface area contributed by atoms with Gasteiger partial charge in [0, 0.05) is 26.1 Å². The molecule has 3 aliphatic rings. The highest BCUT2D eigenvalue weighted by molar-refractivity contribution is 5.70. The molecule has 2 aliphatic heterocycles. The van der Waals surface area contributed by atoms with Crippen molar-refractivity contribution < 1.29 is 14.3 Å². The molecule has 1 saturated carbocycles. The average molecular weight is 411 g/mol. The first kappa shape index (κ1) is 19.4. The molecule has 1 fully saturated rings. The fourth-order valence-electron chi connectivity index (χ4n) is 4.39. The maximum absolute atomic E-state index is 12.9. The van der Waals surface area contributed by atoms with E-state index in [1.54, 1.807) is 0 Å². The van der Waals surface area contributed by atoms with Gasteiger partial charge in [0.05, 0.1) is 23.0 Å². The number of aromatic nitrogens is 2. The van der Waals surface area contributed by atoms with Crippen LogP contribution < -0.4 is 10.1 Å². The standard InChI is InChI=1S/C23H30N4O3/c1-23(2,3)30-22(28)26-12-10-18-20-19(26)14-24-11-13-29-21(20)25-27(18)17-8-6-16(7-9-17)15-4-5-15/h6-9,15,19,24H,4-5,10-14H2,1-3H3/t19-/m0/s1. The first-order valence-corrected chi connectivity index (χ1v) is 11.0. The van der Waals surface area contributed by atoms with Gasteiger partial charge in [-0.1, -0.05) is 12.1 Å². The number of carbonyl (C=O) groups is 1. The van der Waals surface area contributed by atoms with Crippen molar-refractivity contribution in [3.63, 3.8) is 0 Å². The Morgan fingerprint density at radius 2 is 2.00 bits per heavy atom. The molecule has 0 unspecified atom stereocenters. The molecular weight excluding hydrogens is 380 g/mol. The van der Waals surface area contributed by atoms with Crippen LogP contribution in [0.15, 0.2) is 24.3 Å². The molecule has 3 heterocycles. The molecule has 30 heavy (non-hydrogen) atoms. The topological polar surface area (TPSA) is 68.6 Å². The zero-order valence-electron chi connectivity index (χ0n) is 18.0. The molecule has 0 saturated heterocycles. The molecule has 1 atom stereocenters. The predicted molar refractivity (Wildman–Crippen MR) is 113 cm³/mol. The lowest BCUT2D eigenvalue weighted by molar-refractivity contribution is 0.0133.